The molecule has 0 aliphatic carbocycles. The quantitative estimate of drug-likeness (QED) is 0.665. The smallest absolute Gasteiger partial charge is 0.227 e. The Balaban J connectivity index is 2.09. The Labute approximate surface area is 91.7 Å². The van der Waals surface area contributed by atoms with E-state index in [1.165, 1.54) is 11.3 Å². The van der Waals surface area contributed by atoms with E-state index in [4.69, 9.17) is 0 Å². The molecular weight excluding hydrogens is 210 g/mol. The number of hydrogen-bond acceptors (Lipinski definition) is 3. The number of ketones is 1. The molecule has 1 saturated heterocycles. The van der Waals surface area contributed by atoms with E-state index in [2.05, 4.69) is 0 Å². The number of nitrogens with zero attached hydrogens (tertiary/aromatic N) is 1. The second kappa shape index (κ2) is 3.17. The van der Waals surface area contributed by atoms with Crippen LogP contribution in [-0.2, 0) is 11.2 Å². The Bertz CT molecular complexity index is 438. The maximum absolute atomic E-state index is 12.1. The average molecular weight is 221 g/mol. The van der Waals surface area contributed by atoms with E-state index >= 15 is 0 Å². The van der Waals surface area contributed by atoms with Crippen LogP contribution in [0.1, 0.15) is 28.1 Å². The van der Waals surface area contributed by atoms with Crippen molar-refractivity contribution < 1.29 is 9.59 Å². The normalized spacial score (nSPS) is 25.1. The third kappa shape index (κ3) is 1.24. The lowest BCUT2D eigenvalue weighted by atomic mass is 10.1. The lowest BCUT2D eigenvalue weighted by molar-refractivity contribution is -0.130. The molecule has 0 unspecified atom stereocenters. The molecule has 1 amide bonds. The van der Waals surface area contributed by atoms with Crippen molar-refractivity contribution in [2.75, 3.05) is 6.54 Å². The van der Waals surface area contributed by atoms with Crippen LogP contribution in [0.3, 0.4) is 0 Å². The Hall–Kier alpha value is -1.16. The fourth-order valence-corrected chi connectivity index (χ4v) is 3.36. The molecule has 2 aliphatic heterocycles. The number of thiophene rings is 1. The average Bonchev–Trinajstić information content (AvgIpc) is 2.82. The topological polar surface area (TPSA) is 37.4 Å². The molecule has 2 aliphatic rings. The number of Topliss-reactive ketones (excluding diaryl/α,β-unsaturated/α-hetero) is 1. The van der Waals surface area contributed by atoms with Gasteiger partial charge >= 0.3 is 0 Å². The Morgan fingerprint density at radius 2 is 2.27 bits per heavy atom. The monoisotopic (exact) mass is 221 g/mol. The first-order valence-corrected chi connectivity index (χ1v) is 6.05. The summed E-state index contributed by atoms with van der Waals surface area (Å²) in [6.45, 7) is 0.754. The van der Waals surface area contributed by atoms with Crippen molar-refractivity contribution in [3.05, 3.63) is 21.9 Å². The van der Waals surface area contributed by atoms with Crippen molar-refractivity contribution in [2.45, 2.75) is 25.3 Å². The van der Waals surface area contributed by atoms with E-state index in [1.54, 1.807) is 4.90 Å². The van der Waals surface area contributed by atoms with E-state index < -0.39 is 0 Å². The van der Waals surface area contributed by atoms with Gasteiger partial charge in [0, 0.05) is 6.54 Å². The molecule has 0 aromatic carbocycles. The summed E-state index contributed by atoms with van der Waals surface area (Å²) in [6, 6.07) is 1.73. The molecule has 1 aromatic rings. The molecule has 0 N–H and O–H groups in total. The van der Waals surface area contributed by atoms with Crippen LogP contribution >= 0.6 is 11.3 Å². The van der Waals surface area contributed by atoms with Crippen molar-refractivity contribution in [2.24, 2.45) is 0 Å². The van der Waals surface area contributed by atoms with E-state index in [1.807, 2.05) is 11.4 Å². The van der Waals surface area contributed by atoms with Crippen molar-refractivity contribution >= 4 is 23.0 Å². The van der Waals surface area contributed by atoms with Crippen LogP contribution in [0.4, 0.5) is 0 Å². The number of amides is 1. The highest BCUT2D eigenvalue weighted by atomic mass is 32.1. The summed E-state index contributed by atoms with van der Waals surface area (Å²) in [5, 5.41) is 1.90. The van der Waals surface area contributed by atoms with Gasteiger partial charge in [0.15, 0.2) is 5.78 Å². The highest BCUT2D eigenvalue weighted by Crippen LogP contribution is 2.30. The Kier molecular flexibility index (Phi) is 1.92. The minimum Gasteiger partial charge on any atom is -0.332 e. The zero-order chi connectivity index (χ0) is 10.4. The second-order valence-electron chi connectivity index (χ2n) is 4.06. The molecule has 15 heavy (non-hydrogen) atoms. The van der Waals surface area contributed by atoms with Gasteiger partial charge in [-0.1, -0.05) is 0 Å². The van der Waals surface area contributed by atoms with E-state index in [0.717, 1.165) is 29.8 Å². The standard InChI is InChI=1S/C11H11NO2S/c13-9-6-7-3-5-15-11(7)10(14)8-2-1-4-12(8)9/h3,5,8H,1-2,4,6H2/t8-/m0/s1. The van der Waals surface area contributed by atoms with Gasteiger partial charge in [-0.2, -0.15) is 0 Å². The molecule has 3 heterocycles. The second-order valence-corrected chi connectivity index (χ2v) is 4.98. The van der Waals surface area contributed by atoms with Crippen LogP contribution in [0.5, 0.6) is 0 Å². The molecule has 1 atom stereocenters. The minimum atomic E-state index is -0.169. The molecule has 0 spiro atoms. The van der Waals surface area contributed by atoms with Crippen LogP contribution in [-0.4, -0.2) is 29.2 Å². The summed E-state index contributed by atoms with van der Waals surface area (Å²) >= 11 is 1.47. The van der Waals surface area contributed by atoms with E-state index in [9.17, 15) is 9.59 Å². The van der Waals surface area contributed by atoms with Gasteiger partial charge in [0.05, 0.1) is 17.3 Å². The van der Waals surface area contributed by atoms with Gasteiger partial charge in [-0.05, 0) is 29.9 Å². The zero-order valence-electron chi connectivity index (χ0n) is 8.23. The highest BCUT2D eigenvalue weighted by molar-refractivity contribution is 7.12. The fourth-order valence-electron chi connectivity index (χ4n) is 2.44. The number of hydrogen-bond donors (Lipinski definition) is 0. The summed E-state index contributed by atoms with van der Waals surface area (Å²) in [7, 11) is 0. The van der Waals surface area contributed by atoms with Gasteiger partial charge in [-0.15, -0.1) is 11.3 Å². The van der Waals surface area contributed by atoms with Crippen LogP contribution < -0.4 is 0 Å². The van der Waals surface area contributed by atoms with E-state index in [-0.39, 0.29) is 17.7 Å². The molecule has 0 saturated carbocycles. The van der Waals surface area contributed by atoms with Crippen LogP contribution in [0.15, 0.2) is 11.4 Å². The number of carbonyl (C=O) groups excluding carboxylic acids is 2. The number of fused-ring (bicyclic) bond motifs is 2. The summed E-state index contributed by atoms with van der Waals surface area (Å²) < 4.78 is 0. The fraction of sp³-hybridized carbons (Fsp3) is 0.455. The first-order valence-electron chi connectivity index (χ1n) is 5.17. The van der Waals surface area contributed by atoms with Crippen molar-refractivity contribution in [3.63, 3.8) is 0 Å². The maximum Gasteiger partial charge on any atom is 0.227 e. The molecule has 1 aromatic heterocycles. The zero-order valence-corrected chi connectivity index (χ0v) is 9.05. The highest BCUT2D eigenvalue weighted by Gasteiger charge is 2.38. The minimum absolute atomic E-state index is 0.114. The Morgan fingerprint density at radius 1 is 1.40 bits per heavy atom. The number of carbonyl (C=O) groups is 2. The van der Waals surface area contributed by atoms with E-state index in [0.29, 0.717) is 6.42 Å². The summed E-state index contributed by atoms with van der Waals surface area (Å²) in [5.74, 6) is 0.270. The van der Waals surface area contributed by atoms with Gasteiger partial charge in [-0.3, -0.25) is 9.59 Å². The van der Waals surface area contributed by atoms with Gasteiger partial charge in [0.2, 0.25) is 5.91 Å². The van der Waals surface area contributed by atoms with Crippen molar-refractivity contribution in [3.8, 4) is 0 Å². The summed E-state index contributed by atoms with van der Waals surface area (Å²) in [5.41, 5.74) is 0.921. The molecule has 0 radical (unpaired) electrons. The third-order valence-electron chi connectivity index (χ3n) is 3.19. The van der Waals surface area contributed by atoms with Crippen LogP contribution in [0.2, 0.25) is 0 Å². The lowest BCUT2D eigenvalue weighted by Gasteiger charge is -2.20. The number of rotatable bonds is 0. The maximum atomic E-state index is 12.1. The Morgan fingerprint density at radius 3 is 3.13 bits per heavy atom. The van der Waals surface area contributed by atoms with Gasteiger partial charge in [-0.25, -0.2) is 0 Å². The molecule has 0 bridgehead atoms. The largest absolute Gasteiger partial charge is 0.332 e. The molecule has 3 rings (SSSR count). The first kappa shape index (κ1) is 9.09. The van der Waals surface area contributed by atoms with Crippen LogP contribution in [0.25, 0.3) is 0 Å². The van der Waals surface area contributed by atoms with Gasteiger partial charge < -0.3 is 4.90 Å². The van der Waals surface area contributed by atoms with Gasteiger partial charge in [0.25, 0.3) is 0 Å². The first-order chi connectivity index (χ1) is 7.27. The van der Waals surface area contributed by atoms with Crippen LogP contribution in [0, 0.1) is 0 Å². The third-order valence-corrected chi connectivity index (χ3v) is 4.16. The molecule has 1 fully saturated rings. The predicted molar refractivity (Wildman–Crippen MR) is 57.1 cm³/mol. The molecule has 3 nitrogen and oxygen atoms in total. The summed E-state index contributed by atoms with van der Waals surface area (Å²) in [6.07, 6.45) is 2.20. The van der Waals surface area contributed by atoms with Crippen molar-refractivity contribution in [1.29, 1.82) is 0 Å². The summed E-state index contributed by atoms with van der Waals surface area (Å²) in [4.78, 5) is 26.6. The SMILES string of the molecule is O=C1c2sccc2CC(=O)N2CCC[C@@H]12. The predicted octanol–water partition coefficient (Wildman–Crippen LogP) is 1.48. The molecule has 78 valence electrons. The lowest BCUT2D eigenvalue weighted by Crippen LogP contribution is -2.38. The van der Waals surface area contributed by atoms with Gasteiger partial charge in [0.1, 0.15) is 0 Å². The van der Waals surface area contributed by atoms with Crippen molar-refractivity contribution in [1.82, 2.24) is 4.90 Å². The molecule has 4 heteroatoms. The molecular formula is C11H11NO2S.